The third kappa shape index (κ3) is 1.92. The molecule has 0 aliphatic heterocycles. The molecule has 0 fully saturated rings. The maximum atomic E-state index is 12.5. The highest BCUT2D eigenvalue weighted by atomic mass is 19.4. The monoisotopic (exact) mass is 242 g/mol. The topological polar surface area (TPSA) is 30.2 Å². The van der Waals surface area contributed by atoms with Crippen molar-refractivity contribution in [1.29, 1.82) is 0 Å². The summed E-state index contributed by atoms with van der Waals surface area (Å²) in [4.78, 5) is 11.3. The molecule has 0 radical (unpaired) electrons. The van der Waals surface area contributed by atoms with Crippen molar-refractivity contribution in [2.45, 2.75) is 20.0 Å². The lowest BCUT2D eigenvalue weighted by Gasteiger charge is -2.08. The molecule has 2 nitrogen and oxygen atoms in total. The van der Waals surface area contributed by atoms with Gasteiger partial charge in [-0.05, 0) is 31.0 Å². The third-order valence-corrected chi connectivity index (χ3v) is 2.62. The maximum Gasteiger partial charge on any atom is 0.423 e. The van der Waals surface area contributed by atoms with E-state index in [0.29, 0.717) is 16.5 Å². The maximum absolute atomic E-state index is 12.5. The summed E-state index contributed by atoms with van der Waals surface area (Å²) >= 11 is 0. The molecule has 0 unspecified atom stereocenters. The second kappa shape index (κ2) is 3.61. The number of benzene rings is 1. The number of hydrogen-bond acceptors (Lipinski definition) is 2. The van der Waals surface area contributed by atoms with Gasteiger partial charge in [0.2, 0.25) is 0 Å². The number of alkyl halides is 3. The summed E-state index contributed by atoms with van der Waals surface area (Å²) in [5.74, 6) is 0. The van der Waals surface area contributed by atoms with E-state index in [1.54, 1.807) is 26.0 Å². The Kier molecular flexibility index (Phi) is 2.49. The van der Waals surface area contributed by atoms with Gasteiger partial charge < -0.3 is 4.42 Å². The van der Waals surface area contributed by atoms with E-state index in [1.165, 1.54) is 0 Å². The molecule has 0 saturated heterocycles. The summed E-state index contributed by atoms with van der Waals surface area (Å²) in [5, 5.41) is 0.317. The van der Waals surface area contributed by atoms with Crippen LogP contribution in [0.1, 0.15) is 16.7 Å². The summed E-state index contributed by atoms with van der Waals surface area (Å²) in [6.45, 7) is 3.35. The predicted octanol–water partition coefficient (Wildman–Crippen LogP) is 3.43. The number of fused-ring (bicyclic) bond motifs is 1. The molecular formula is C12H9F3O2. The predicted molar refractivity (Wildman–Crippen MR) is 57.0 cm³/mol. The van der Waals surface area contributed by atoms with Crippen molar-refractivity contribution in [2.75, 3.05) is 0 Å². The van der Waals surface area contributed by atoms with Gasteiger partial charge in [0.25, 0.3) is 0 Å². The summed E-state index contributed by atoms with van der Waals surface area (Å²) in [7, 11) is 0. The zero-order valence-corrected chi connectivity index (χ0v) is 9.18. The van der Waals surface area contributed by atoms with Crippen LogP contribution in [0.3, 0.4) is 0 Å². The first-order valence-electron chi connectivity index (χ1n) is 4.92. The SMILES string of the molecule is Cc1ccc(C)c2oc(=O)c(C(F)(F)F)cc12. The van der Waals surface area contributed by atoms with Crippen LogP contribution in [-0.4, -0.2) is 0 Å². The number of halogens is 3. The van der Waals surface area contributed by atoms with E-state index < -0.39 is 17.4 Å². The lowest BCUT2D eigenvalue weighted by molar-refractivity contribution is -0.139. The molecule has 0 amide bonds. The Labute approximate surface area is 94.7 Å². The van der Waals surface area contributed by atoms with Crippen LogP contribution >= 0.6 is 0 Å². The zero-order valence-electron chi connectivity index (χ0n) is 9.18. The lowest BCUT2D eigenvalue weighted by Crippen LogP contribution is -2.18. The Hall–Kier alpha value is -1.78. The van der Waals surface area contributed by atoms with Crippen molar-refractivity contribution in [3.05, 3.63) is 45.3 Å². The smallest absolute Gasteiger partial charge is 0.422 e. The Morgan fingerprint density at radius 2 is 1.71 bits per heavy atom. The van der Waals surface area contributed by atoms with Crippen LogP contribution in [0, 0.1) is 13.8 Å². The normalized spacial score (nSPS) is 12.1. The first kappa shape index (κ1) is 11.7. The molecule has 5 heteroatoms. The van der Waals surface area contributed by atoms with Crippen molar-refractivity contribution >= 4 is 11.0 Å². The standard InChI is InChI=1S/C12H9F3O2/c1-6-3-4-7(2)10-8(6)5-9(11(16)17-10)12(13,14)15/h3-5H,1-2H3. The Morgan fingerprint density at radius 3 is 2.29 bits per heavy atom. The van der Waals surface area contributed by atoms with Crippen LogP contribution in [0.25, 0.3) is 11.0 Å². The molecule has 17 heavy (non-hydrogen) atoms. The van der Waals surface area contributed by atoms with Gasteiger partial charge in [-0.25, -0.2) is 4.79 Å². The van der Waals surface area contributed by atoms with Gasteiger partial charge in [0, 0.05) is 5.39 Å². The first-order chi connectivity index (χ1) is 7.80. The summed E-state index contributed by atoms with van der Waals surface area (Å²) in [6.07, 6.45) is -4.69. The van der Waals surface area contributed by atoms with Crippen LogP contribution in [0.2, 0.25) is 0 Å². The van der Waals surface area contributed by atoms with Gasteiger partial charge >= 0.3 is 11.8 Å². The minimum Gasteiger partial charge on any atom is -0.422 e. The Morgan fingerprint density at radius 1 is 1.12 bits per heavy atom. The lowest BCUT2D eigenvalue weighted by atomic mass is 10.1. The fraction of sp³-hybridized carbons (Fsp3) is 0.250. The summed E-state index contributed by atoms with van der Waals surface area (Å²) < 4.78 is 42.4. The molecule has 0 bridgehead atoms. The zero-order chi connectivity index (χ0) is 12.8. The minimum atomic E-state index is -4.69. The van der Waals surface area contributed by atoms with Gasteiger partial charge in [0.05, 0.1) is 0 Å². The van der Waals surface area contributed by atoms with E-state index in [9.17, 15) is 18.0 Å². The second-order valence-corrected chi connectivity index (χ2v) is 3.89. The Bertz CT molecular complexity index is 638. The number of aryl methyl sites for hydroxylation is 2. The van der Waals surface area contributed by atoms with Crippen molar-refractivity contribution in [3.63, 3.8) is 0 Å². The highest BCUT2D eigenvalue weighted by Gasteiger charge is 2.35. The van der Waals surface area contributed by atoms with E-state index >= 15 is 0 Å². The molecule has 0 N–H and O–H groups in total. The highest BCUT2D eigenvalue weighted by molar-refractivity contribution is 5.83. The van der Waals surface area contributed by atoms with Crippen LogP contribution < -0.4 is 5.63 Å². The largest absolute Gasteiger partial charge is 0.423 e. The van der Waals surface area contributed by atoms with Gasteiger partial charge in [-0.15, -0.1) is 0 Å². The van der Waals surface area contributed by atoms with Gasteiger partial charge in [-0.3, -0.25) is 0 Å². The molecule has 0 aliphatic carbocycles. The van der Waals surface area contributed by atoms with Crippen molar-refractivity contribution in [1.82, 2.24) is 0 Å². The molecule has 2 aromatic rings. The molecule has 0 atom stereocenters. The number of rotatable bonds is 0. The summed E-state index contributed by atoms with van der Waals surface area (Å²) in [5.41, 5.74) is -1.13. The molecule has 0 aliphatic rings. The van der Waals surface area contributed by atoms with Crippen LogP contribution in [0.5, 0.6) is 0 Å². The van der Waals surface area contributed by atoms with Gasteiger partial charge in [-0.1, -0.05) is 12.1 Å². The van der Waals surface area contributed by atoms with Crippen molar-refractivity contribution < 1.29 is 17.6 Å². The molecule has 0 spiro atoms. The quantitative estimate of drug-likeness (QED) is 0.662. The molecule has 90 valence electrons. The van der Waals surface area contributed by atoms with E-state index in [1.807, 2.05) is 0 Å². The fourth-order valence-electron chi connectivity index (χ4n) is 1.67. The van der Waals surface area contributed by atoms with Gasteiger partial charge in [0.1, 0.15) is 11.1 Å². The number of hydrogen-bond donors (Lipinski definition) is 0. The van der Waals surface area contributed by atoms with Gasteiger partial charge in [-0.2, -0.15) is 13.2 Å². The summed E-state index contributed by atoms with van der Waals surface area (Å²) in [6, 6.07) is 4.25. The molecule has 0 saturated carbocycles. The first-order valence-corrected chi connectivity index (χ1v) is 4.92. The van der Waals surface area contributed by atoms with Crippen molar-refractivity contribution in [3.8, 4) is 0 Å². The Balaban J connectivity index is 2.91. The molecule has 1 aromatic carbocycles. The highest BCUT2D eigenvalue weighted by Crippen LogP contribution is 2.30. The van der Waals surface area contributed by atoms with E-state index in [2.05, 4.69) is 0 Å². The molecule has 1 aromatic heterocycles. The van der Waals surface area contributed by atoms with Crippen LogP contribution in [0.4, 0.5) is 13.2 Å². The fourth-order valence-corrected chi connectivity index (χ4v) is 1.67. The molecule has 1 heterocycles. The van der Waals surface area contributed by atoms with Crippen LogP contribution in [0.15, 0.2) is 27.4 Å². The molecule has 2 rings (SSSR count). The van der Waals surface area contributed by atoms with E-state index in [0.717, 1.165) is 6.07 Å². The average molecular weight is 242 g/mol. The second-order valence-electron chi connectivity index (χ2n) is 3.89. The van der Waals surface area contributed by atoms with E-state index in [-0.39, 0.29) is 5.58 Å². The van der Waals surface area contributed by atoms with E-state index in [4.69, 9.17) is 4.42 Å². The molecular weight excluding hydrogens is 233 g/mol. The third-order valence-electron chi connectivity index (χ3n) is 2.62. The van der Waals surface area contributed by atoms with Crippen molar-refractivity contribution in [2.24, 2.45) is 0 Å². The average Bonchev–Trinajstić information content (AvgIpc) is 2.21. The van der Waals surface area contributed by atoms with Gasteiger partial charge in [0.15, 0.2) is 0 Å². The van der Waals surface area contributed by atoms with Crippen LogP contribution in [-0.2, 0) is 6.18 Å². The minimum absolute atomic E-state index is 0.211.